The van der Waals surface area contributed by atoms with Gasteiger partial charge in [-0.15, -0.1) is 6.58 Å². The summed E-state index contributed by atoms with van der Waals surface area (Å²) in [5.74, 6) is 0. The van der Waals surface area contributed by atoms with Crippen molar-refractivity contribution in [2.45, 2.75) is 65.5 Å². The third-order valence-corrected chi connectivity index (χ3v) is 55.9. The molecule has 0 atom stereocenters. The van der Waals surface area contributed by atoms with Crippen molar-refractivity contribution >= 4 is 62.9 Å². The lowest BCUT2D eigenvalue weighted by molar-refractivity contribution is 0.462. The Morgan fingerprint density at radius 2 is 1.26 bits per heavy atom. The third kappa shape index (κ3) is 11.6. The molecule has 0 aromatic heterocycles. The topological polar surface area (TPSA) is 112 Å². The fraction of sp³-hybridized carbons (Fsp3) is 0.833. The Balaban J connectivity index is 0. The van der Waals surface area contributed by atoms with Gasteiger partial charge in [-0.25, -0.2) is 0 Å². The van der Waals surface area contributed by atoms with Gasteiger partial charge in [0.1, 0.15) is 7.59 Å². The van der Waals surface area contributed by atoms with Gasteiger partial charge in [-0.1, -0.05) is 45.0 Å². The van der Waals surface area contributed by atoms with Crippen LogP contribution in [-0.2, 0) is 30.9 Å². The van der Waals surface area contributed by atoms with Crippen molar-refractivity contribution in [3.05, 3.63) is 12.7 Å². The molecular formula is C12H30O7Si8. The minimum atomic E-state index is -3.29. The summed E-state index contributed by atoms with van der Waals surface area (Å²) in [4.78, 5) is 0. The van der Waals surface area contributed by atoms with Crippen LogP contribution < -0.4 is 0 Å². The quantitative estimate of drug-likeness (QED) is 0.309. The first-order valence-electron chi connectivity index (χ1n) is 8.68. The van der Waals surface area contributed by atoms with Crippen LogP contribution in [0.25, 0.3) is 0 Å². The highest BCUT2D eigenvalue weighted by atomic mass is 30.0. The van der Waals surface area contributed by atoms with E-state index < -0.39 is 62.9 Å². The molecular weight excluding hydrogens is 481 g/mol. The molecule has 0 aliphatic rings. The van der Waals surface area contributed by atoms with Gasteiger partial charge in [0.25, 0.3) is 0 Å². The van der Waals surface area contributed by atoms with Crippen molar-refractivity contribution in [2.75, 3.05) is 0 Å². The summed E-state index contributed by atoms with van der Waals surface area (Å²) < 4.78 is 78.6. The van der Waals surface area contributed by atoms with E-state index in [1.165, 1.54) is 0 Å². The first-order valence-corrected chi connectivity index (χ1v) is 29.7. The third-order valence-electron chi connectivity index (χ3n) is 3.18. The predicted molar refractivity (Wildman–Crippen MR) is 116 cm³/mol. The Morgan fingerprint density at radius 1 is 0.852 bits per heavy atom. The van der Waals surface area contributed by atoms with Crippen molar-refractivity contribution in [3.8, 4) is 0 Å². The number of hydrogen-bond acceptors (Lipinski definition) is 7. The number of unbranched alkanes of at least 4 members (excludes halogenated alkanes) is 1. The van der Waals surface area contributed by atoms with E-state index in [0.717, 1.165) is 12.8 Å². The Labute approximate surface area is 171 Å². The molecule has 7 nitrogen and oxygen atoms in total. The standard InChI is InChI=1S/C9H24O7Si8.C3H6/c1-7-8-9-24(5,6)22(15)21(14)20(13)19(12)18(11)17(10)16-23(2,3)4;1-3-2/h7-9H2,1-6H3;3H,1H2,2H3. The van der Waals surface area contributed by atoms with Crippen LogP contribution in [0.5, 0.6) is 0 Å². The largest absolute Gasteiger partial charge is 0.578 e. The van der Waals surface area contributed by atoms with Crippen LogP contribution in [0, 0.1) is 0 Å². The summed E-state index contributed by atoms with van der Waals surface area (Å²) in [6, 6.07) is 0.707. The van der Waals surface area contributed by atoms with Crippen molar-refractivity contribution in [2.24, 2.45) is 0 Å². The Hall–Kier alpha value is 0.0751. The van der Waals surface area contributed by atoms with Crippen LogP contribution in [0.1, 0.15) is 26.7 Å². The molecule has 0 unspecified atom stereocenters. The molecule has 0 bridgehead atoms. The molecule has 0 saturated carbocycles. The number of allylic oxidation sites excluding steroid dienone is 1. The minimum Gasteiger partial charge on any atom is -0.578 e. The monoisotopic (exact) mass is 510 g/mol. The highest BCUT2D eigenvalue weighted by Gasteiger charge is 2.50. The van der Waals surface area contributed by atoms with Gasteiger partial charge in [-0.2, -0.15) is 0 Å². The zero-order valence-corrected chi connectivity index (χ0v) is 25.3. The lowest BCUT2D eigenvalue weighted by atomic mass is 10.4. The van der Waals surface area contributed by atoms with E-state index in [4.69, 9.17) is 4.12 Å². The fourth-order valence-corrected chi connectivity index (χ4v) is 72.0. The van der Waals surface area contributed by atoms with Crippen LogP contribution >= 0.6 is 0 Å². The smallest absolute Gasteiger partial charge is 0.532 e. The van der Waals surface area contributed by atoms with Crippen LogP contribution in [0.15, 0.2) is 12.7 Å². The van der Waals surface area contributed by atoms with Gasteiger partial charge in [0.2, 0.25) is 8.32 Å². The summed E-state index contributed by atoms with van der Waals surface area (Å²) in [5.41, 5.74) is 0. The second kappa shape index (κ2) is 13.3. The van der Waals surface area contributed by atoms with Crippen molar-refractivity contribution in [1.82, 2.24) is 0 Å². The first kappa shape index (κ1) is 29.3. The maximum Gasteiger partial charge on any atom is 0.532 e. The Kier molecular flexibility index (Phi) is 14.5. The minimum absolute atomic E-state index is 0.707. The Bertz CT molecular complexity index is 638. The SMILES string of the molecule is C=CC.CCCC[Si](C)(C)[Si](=O)[Si](=O)[Si](=O)[Si](=O)[Si](=O)[Si](=O)O[Si](C)(C)C. The van der Waals surface area contributed by atoms with Gasteiger partial charge in [-0.05, 0) is 26.6 Å². The van der Waals surface area contributed by atoms with Crippen LogP contribution in [0.3, 0.4) is 0 Å². The maximum absolute atomic E-state index is 12.5. The Morgan fingerprint density at radius 3 is 1.63 bits per heavy atom. The highest BCUT2D eigenvalue weighted by molar-refractivity contribution is 7.72. The number of hydrogen-bond donors (Lipinski definition) is 0. The summed E-state index contributed by atoms with van der Waals surface area (Å²) in [7, 11) is -23.0. The van der Waals surface area contributed by atoms with E-state index in [-0.39, 0.29) is 0 Å². The molecule has 0 heterocycles. The van der Waals surface area contributed by atoms with E-state index in [2.05, 4.69) is 6.58 Å². The van der Waals surface area contributed by atoms with E-state index in [9.17, 15) is 26.8 Å². The van der Waals surface area contributed by atoms with Gasteiger partial charge < -0.3 is 30.9 Å². The average Bonchev–Trinajstić information content (AvgIpc) is 2.55. The van der Waals surface area contributed by atoms with Crippen molar-refractivity contribution in [1.29, 1.82) is 0 Å². The second-order valence-electron chi connectivity index (χ2n) is 7.54. The first-order chi connectivity index (χ1) is 12.2. The summed E-state index contributed by atoms with van der Waals surface area (Å²) in [6.45, 7) is 16.1. The van der Waals surface area contributed by atoms with E-state index in [1.54, 1.807) is 25.7 Å². The molecule has 0 radical (unpaired) electrons. The summed E-state index contributed by atoms with van der Waals surface area (Å²) in [5, 5.41) is 0. The van der Waals surface area contributed by atoms with Crippen molar-refractivity contribution in [3.63, 3.8) is 0 Å². The molecule has 0 amide bonds. The zero-order valence-electron chi connectivity index (χ0n) is 17.3. The maximum atomic E-state index is 12.5. The molecule has 0 fully saturated rings. The molecule has 0 spiro atoms. The van der Waals surface area contributed by atoms with Crippen LogP contribution in [0.2, 0.25) is 38.8 Å². The molecule has 27 heavy (non-hydrogen) atoms. The summed E-state index contributed by atoms with van der Waals surface area (Å²) in [6.07, 6.45) is 3.53. The molecule has 15 heteroatoms. The summed E-state index contributed by atoms with van der Waals surface area (Å²) >= 11 is 0. The molecule has 0 aliphatic carbocycles. The van der Waals surface area contributed by atoms with E-state index in [1.807, 2.05) is 26.9 Å². The fourth-order valence-electron chi connectivity index (χ4n) is 1.77. The lowest BCUT2D eigenvalue weighted by Crippen LogP contribution is -2.55. The molecule has 0 saturated heterocycles. The number of rotatable bonds is 11. The highest BCUT2D eigenvalue weighted by Crippen LogP contribution is 2.14. The molecule has 0 aliphatic heterocycles. The average molecular weight is 511 g/mol. The second-order valence-corrected chi connectivity index (χ2v) is 47.1. The van der Waals surface area contributed by atoms with Crippen molar-refractivity contribution < 1.29 is 30.9 Å². The molecule has 0 aromatic rings. The van der Waals surface area contributed by atoms with Gasteiger partial charge in [0, 0.05) is 0 Å². The van der Waals surface area contributed by atoms with Crippen LogP contribution in [0.4, 0.5) is 0 Å². The van der Waals surface area contributed by atoms with Crippen LogP contribution in [-0.4, -0.2) is 62.9 Å². The molecule has 0 N–H and O–H groups in total. The molecule has 152 valence electrons. The normalized spacial score (nSPS) is 10.8. The van der Waals surface area contributed by atoms with Gasteiger partial charge in [0.05, 0.1) is 0 Å². The van der Waals surface area contributed by atoms with Gasteiger partial charge >= 0.3 is 47.0 Å². The predicted octanol–water partition coefficient (Wildman–Crippen LogP) is 2.04. The van der Waals surface area contributed by atoms with E-state index in [0.29, 0.717) is 6.04 Å². The van der Waals surface area contributed by atoms with Gasteiger partial charge in [0.15, 0.2) is 0 Å². The molecule has 0 rings (SSSR count). The molecule has 0 aromatic carbocycles. The van der Waals surface area contributed by atoms with E-state index >= 15 is 0 Å². The van der Waals surface area contributed by atoms with Gasteiger partial charge in [-0.3, -0.25) is 0 Å². The lowest BCUT2D eigenvalue weighted by Gasteiger charge is -2.17. The zero-order chi connectivity index (χ0) is 22.0.